The Kier molecular flexibility index (Phi) is 5.29. The second kappa shape index (κ2) is 6.72. The molecular formula is C13H16O6. The first-order chi connectivity index (χ1) is 9.01. The maximum atomic E-state index is 11.5. The molecule has 0 aliphatic heterocycles. The number of carbonyl (C=O) groups excluding carboxylic acids is 2. The minimum absolute atomic E-state index is 0.176. The average molecular weight is 268 g/mol. The average Bonchev–Trinajstić information content (AvgIpc) is 2.42. The highest BCUT2D eigenvalue weighted by Gasteiger charge is 2.20. The number of hydrogen-bond donors (Lipinski definition) is 0. The van der Waals surface area contributed by atoms with Crippen molar-refractivity contribution in [3.8, 4) is 0 Å². The van der Waals surface area contributed by atoms with Crippen LogP contribution in [0, 0.1) is 5.92 Å². The number of ether oxygens (including phenoxy) is 2. The van der Waals surface area contributed by atoms with Crippen molar-refractivity contribution in [3.63, 3.8) is 0 Å². The van der Waals surface area contributed by atoms with E-state index in [-0.39, 0.29) is 29.3 Å². The molecule has 104 valence electrons. The van der Waals surface area contributed by atoms with Crippen LogP contribution in [-0.4, -0.2) is 26.2 Å². The molecular weight excluding hydrogens is 252 g/mol. The van der Waals surface area contributed by atoms with E-state index in [4.69, 9.17) is 4.42 Å². The normalized spacial score (nSPS) is 11.7. The number of esters is 2. The van der Waals surface area contributed by atoms with E-state index in [1.54, 1.807) is 0 Å². The van der Waals surface area contributed by atoms with Crippen molar-refractivity contribution in [2.75, 3.05) is 14.2 Å². The Hall–Kier alpha value is -2.11. The number of rotatable bonds is 5. The molecule has 6 nitrogen and oxygen atoms in total. The summed E-state index contributed by atoms with van der Waals surface area (Å²) in [6, 6.07) is 2.30. The minimum Gasteiger partial charge on any atom is -0.469 e. The van der Waals surface area contributed by atoms with Gasteiger partial charge in [-0.1, -0.05) is 6.92 Å². The number of carbonyl (C=O) groups is 2. The zero-order valence-corrected chi connectivity index (χ0v) is 11.1. The summed E-state index contributed by atoms with van der Waals surface area (Å²) in [5.74, 6) is -1.45. The van der Waals surface area contributed by atoms with Crippen LogP contribution < -0.4 is 5.43 Å². The summed E-state index contributed by atoms with van der Waals surface area (Å²) in [6.07, 6.45) is 0.738. The van der Waals surface area contributed by atoms with Gasteiger partial charge in [0.1, 0.15) is 5.76 Å². The van der Waals surface area contributed by atoms with E-state index in [0.29, 0.717) is 6.42 Å². The van der Waals surface area contributed by atoms with E-state index >= 15 is 0 Å². The fourth-order valence-electron chi connectivity index (χ4n) is 1.64. The third kappa shape index (κ3) is 3.94. The first-order valence-electron chi connectivity index (χ1n) is 5.82. The van der Waals surface area contributed by atoms with Crippen LogP contribution >= 0.6 is 0 Å². The van der Waals surface area contributed by atoms with E-state index in [1.807, 2.05) is 6.92 Å². The molecule has 0 aromatic carbocycles. The van der Waals surface area contributed by atoms with Crippen molar-refractivity contribution in [2.45, 2.75) is 19.8 Å². The van der Waals surface area contributed by atoms with E-state index in [2.05, 4.69) is 9.47 Å². The SMILES string of the molecule is CCC(Cc1cc(=O)cc(C(=O)OC)o1)C(=O)OC. The van der Waals surface area contributed by atoms with Crippen LogP contribution in [0.1, 0.15) is 29.7 Å². The Morgan fingerprint density at radius 1 is 1.26 bits per heavy atom. The molecule has 0 fully saturated rings. The molecule has 1 atom stereocenters. The molecule has 0 saturated carbocycles. The Morgan fingerprint density at radius 2 is 1.95 bits per heavy atom. The molecule has 0 bridgehead atoms. The van der Waals surface area contributed by atoms with Crippen LogP contribution in [0.5, 0.6) is 0 Å². The van der Waals surface area contributed by atoms with Gasteiger partial charge in [0, 0.05) is 18.6 Å². The van der Waals surface area contributed by atoms with Gasteiger partial charge in [0.15, 0.2) is 5.43 Å². The van der Waals surface area contributed by atoms with Gasteiger partial charge in [-0.25, -0.2) is 4.79 Å². The molecule has 1 aromatic rings. The molecule has 1 aromatic heterocycles. The minimum atomic E-state index is -0.731. The van der Waals surface area contributed by atoms with Gasteiger partial charge in [-0.15, -0.1) is 0 Å². The molecule has 6 heteroatoms. The quantitative estimate of drug-likeness (QED) is 0.745. The molecule has 0 saturated heterocycles. The van der Waals surface area contributed by atoms with Crippen LogP contribution in [0.2, 0.25) is 0 Å². The van der Waals surface area contributed by atoms with E-state index in [0.717, 1.165) is 6.07 Å². The zero-order valence-electron chi connectivity index (χ0n) is 11.1. The highest BCUT2D eigenvalue weighted by atomic mass is 16.5. The highest BCUT2D eigenvalue weighted by Crippen LogP contribution is 2.14. The lowest BCUT2D eigenvalue weighted by Gasteiger charge is -2.11. The van der Waals surface area contributed by atoms with Gasteiger partial charge in [0.05, 0.1) is 20.1 Å². The molecule has 19 heavy (non-hydrogen) atoms. The highest BCUT2D eigenvalue weighted by molar-refractivity contribution is 5.85. The standard InChI is InChI=1S/C13H16O6/c1-4-8(12(15)17-2)5-10-6-9(14)7-11(19-10)13(16)18-3/h6-8H,4-5H2,1-3H3. The summed E-state index contributed by atoms with van der Waals surface area (Å²) >= 11 is 0. The topological polar surface area (TPSA) is 82.8 Å². The second-order valence-corrected chi connectivity index (χ2v) is 3.95. The molecule has 0 N–H and O–H groups in total. The molecule has 0 radical (unpaired) electrons. The smallest absolute Gasteiger partial charge is 0.374 e. The lowest BCUT2D eigenvalue weighted by Crippen LogP contribution is -2.19. The van der Waals surface area contributed by atoms with Crippen LogP contribution in [0.4, 0.5) is 0 Å². The first-order valence-corrected chi connectivity index (χ1v) is 5.82. The fraction of sp³-hybridized carbons (Fsp3) is 0.462. The predicted octanol–water partition coefficient (Wildman–Crippen LogP) is 1.17. The van der Waals surface area contributed by atoms with Gasteiger partial charge in [0.25, 0.3) is 0 Å². The Morgan fingerprint density at radius 3 is 2.47 bits per heavy atom. The zero-order chi connectivity index (χ0) is 14.4. The molecule has 0 amide bonds. The van der Waals surface area contributed by atoms with Crippen LogP contribution in [0.3, 0.4) is 0 Å². The van der Waals surface area contributed by atoms with Gasteiger partial charge in [-0.05, 0) is 6.42 Å². The molecule has 0 aliphatic carbocycles. The van der Waals surface area contributed by atoms with Crippen molar-refractivity contribution in [1.82, 2.24) is 0 Å². The van der Waals surface area contributed by atoms with Crippen molar-refractivity contribution in [3.05, 3.63) is 33.9 Å². The van der Waals surface area contributed by atoms with E-state index in [1.165, 1.54) is 20.3 Å². The van der Waals surface area contributed by atoms with Crippen LogP contribution in [0.25, 0.3) is 0 Å². The first kappa shape index (κ1) is 14.9. The van der Waals surface area contributed by atoms with Gasteiger partial charge >= 0.3 is 11.9 Å². The summed E-state index contributed by atoms with van der Waals surface area (Å²) in [6.45, 7) is 1.82. The van der Waals surface area contributed by atoms with E-state index < -0.39 is 11.9 Å². The number of methoxy groups -OCH3 is 2. The third-order valence-electron chi connectivity index (χ3n) is 2.68. The summed E-state index contributed by atoms with van der Waals surface area (Å²) in [5, 5.41) is 0. The lowest BCUT2D eigenvalue weighted by atomic mass is 10.0. The molecule has 0 spiro atoms. The van der Waals surface area contributed by atoms with Crippen LogP contribution in [-0.2, 0) is 20.7 Å². The summed E-state index contributed by atoms with van der Waals surface area (Å²) in [4.78, 5) is 34.2. The largest absolute Gasteiger partial charge is 0.469 e. The number of hydrogen-bond acceptors (Lipinski definition) is 6. The van der Waals surface area contributed by atoms with Crippen LogP contribution in [0.15, 0.2) is 21.3 Å². The predicted molar refractivity (Wildman–Crippen MR) is 65.8 cm³/mol. The molecule has 0 aliphatic rings. The maximum Gasteiger partial charge on any atom is 0.374 e. The molecule has 1 rings (SSSR count). The Labute approximate surface area is 110 Å². The van der Waals surface area contributed by atoms with Gasteiger partial charge in [-0.3, -0.25) is 9.59 Å². The monoisotopic (exact) mass is 268 g/mol. The fourth-order valence-corrected chi connectivity index (χ4v) is 1.64. The molecule has 1 heterocycles. The second-order valence-electron chi connectivity index (χ2n) is 3.95. The van der Waals surface area contributed by atoms with Gasteiger partial charge in [-0.2, -0.15) is 0 Å². The van der Waals surface area contributed by atoms with Gasteiger partial charge < -0.3 is 13.9 Å². The third-order valence-corrected chi connectivity index (χ3v) is 2.68. The molecule has 1 unspecified atom stereocenters. The summed E-state index contributed by atoms with van der Waals surface area (Å²) in [5.41, 5.74) is -0.374. The van der Waals surface area contributed by atoms with Crippen molar-refractivity contribution < 1.29 is 23.5 Å². The van der Waals surface area contributed by atoms with Crippen molar-refractivity contribution >= 4 is 11.9 Å². The Bertz CT molecular complexity index is 516. The van der Waals surface area contributed by atoms with Crippen molar-refractivity contribution in [1.29, 1.82) is 0 Å². The van der Waals surface area contributed by atoms with E-state index in [9.17, 15) is 14.4 Å². The summed E-state index contributed by atoms with van der Waals surface area (Å²) in [7, 11) is 2.49. The lowest BCUT2D eigenvalue weighted by molar-refractivity contribution is -0.145. The van der Waals surface area contributed by atoms with Gasteiger partial charge in [0.2, 0.25) is 5.76 Å². The Balaban J connectivity index is 3.01. The van der Waals surface area contributed by atoms with Crippen molar-refractivity contribution in [2.24, 2.45) is 5.92 Å². The maximum absolute atomic E-state index is 11.5. The summed E-state index contributed by atoms with van der Waals surface area (Å²) < 4.78 is 14.4.